The second-order valence-corrected chi connectivity index (χ2v) is 14.2. The Balaban J connectivity index is 1.37. The number of hydrogen-bond donors (Lipinski definition) is 5. The van der Waals surface area contributed by atoms with Crippen LogP contribution < -0.4 is 20.9 Å². The lowest BCUT2D eigenvalue weighted by molar-refractivity contribution is -0.123. The third-order valence-corrected chi connectivity index (χ3v) is 8.31. The number of hydrogen-bond acceptors (Lipinski definition) is 7. The highest BCUT2D eigenvalue weighted by Gasteiger charge is 2.27. The zero-order valence-electron chi connectivity index (χ0n) is 26.1. The maximum absolute atomic E-state index is 16.5. The van der Waals surface area contributed by atoms with E-state index < -0.39 is 27.1 Å². The Hall–Kier alpha value is -5.14. The maximum Gasteiger partial charge on any atom is 0.229 e. The summed E-state index contributed by atoms with van der Waals surface area (Å²) >= 11 is 0. The first-order chi connectivity index (χ1) is 22.3. The van der Waals surface area contributed by atoms with Crippen LogP contribution in [0.5, 0.6) is 0 Å². The second kappa shape index (κ2) is 12.2. The molecule has 5 N–H and O–H groups in total. The molecule has 1 amide bonds. The van der Waals surface area contributed by atoms with Gasteiger partial charge in [0.2, 0.25) is 15.9 Å². The fourth-order valence-electron chi connectivity index (χ4n) is 5.28. The minimum Gasteiger partial charge on any atom is -0.341 e. The second-order valence-electron chi connectivity index (χ2n) is 12.4. The van der Waals surface area contributed by atoms with Crippen LogP contribution in [0.25, 0.3) is 22.3 Å². The minimum atomic E-state index is -3.48. The molecule has 0 bridgehead atoms. The number of amides is 1. The van der Waals surface area contributed by atoms with Gasteiger partial charge in [0.05, 0.1) is 29.5 Å². The molecule has 0 spiro atoms. The van der Waals surface area contributed by atoms with Crippen molar-refractivity contribution in [2.75, 3.05) is 17.0 Å². The Bertz CT molecular complexity index is 2110. The molecular formula is C34H33F2N7O3S. The minimum absolute atomic E-state index is 0.0727. The van der Waals surface area contributed by atoms with Crippen LogP contribution in [0.2, 0.25) is 0 Å². The van der Waals surface area contributed by atoms with Gasteiger partial charge in [-0.25, -0.2) is 26.9 Å². The van der Waals surface area contributed by atoms with Crippen LogP contribution in [-0.4, -0.2) is 35.5 Å². The van der Waals surface area contributed by atoms with Crippen molar-refractivity contribution in [3.8, 4) is 11.1 Å². The molecule has 2 aromatic carbocycles. The fraction of sp³-hybridized carbons (Fsp3) is 0.206. The van der Waals surface area contributed by atoms with E-state index in [1.165, 1.54) is 24.5 Å². The highest BCUT2D eigenvalue weighted by Crippen LogP contribution is 2.39. The predicted molar refractivity (Wildman–Crippen MR) is 178 cm³/mol. The number of anilines is 2. The summed E-state index contributed by atoms with van der Waals surface area (Å²) < 4.78 is 56.9. The number of nitrogens with zero attached hydrogens (tertiary/aromatic N) is 2. The molecule has 1 aliphatic carbocycles. The molecule has 6 rings (SSSR count). The average molecular weight is 658 g/mol. The van der Waals surface area contributed by atoms with Gasteiger partial charge < -0.3 is 21.2 Å². The van der Waals surface area contributed by atoms with Crippen LogP contribution in [0.1, 0.15) is 54.7 Å². The van der Waals surface area contributed by atoms with Gasteiger partial charge in [-0.1, -0.05) is 39.0 Å². The summed E-state index contributed by atoms with van der Waals surface area (Å²) in [5.41, 5.74) is 10.6. The summed E-state index contributed by atoms with van der Waals surface area (Å²) in [7, 11) is -3.48. The first kappa shape index (κ1) is 31.8. The number of carbonyl (C=O) groups excluding carboxylic acids is 1. The molecule has 4 aromatic rings. The quantitative estimate of drug-likeness (QED) is 0.173. The van der Waals surface area contributed by atoms with E-state index in [4.69, 9.17) is 4.98 Å². The van der Waals surface area contributed by atoms with E-state index in [1.54, 1.807) is 51.2 Å². The van der Waals surface area contributed by atoms with Gasteiger partial charge in [-0.2, -0.15) is 0 Å². The van der Waals surface area contributed by atoms with Crippen molar-refractivity contribution in [2.45, 2.75) is 33.7 Å². The van der Waals surface area contributed by atoms with E-state index in [9.17, 15) is 17.6 Å². The molecule has 47 heavy (non-hydrogen) atoms. The Kier molecular flexibility index (Phi) is 8.28. The SMILES string of the molecule is CC(C)(C)C(=O)Nc1cncc(-c2ccc3c(c2F)C(c2nc4c([nH]2)CC=CC=C4c2cc(F)cc(CNS(C)(=O)=O)c2)=CNN3)c1. The van der Waals surface area contributed by atoms with Crippen molar-refractivity contribution < 1.29 is 22.0 Å². The van der Waals surface area contributed by atoms with Gasteiger partial charge in [-0.05, 0) is 47.5 Å². The smallest absolute Gasteiger partial charge is 0.229 e. The number of H-pyrrole nitrogens is 1. The summed E-state index contributed by atoms with van der Waals surface area (Å²) in [6, 6.07) is 9.42. The molecule has 2 aliphatic rings. The van der Waals surface area contributed by atoms with Gasteiger partial charge in [0.1, 0.15) is 17.5 Å². The first-order valence-electron chi connectivity index (χ1n) is 14.8. The van der Waals surface area contributed by atoms with Gasteiger partial charge >= 0.3 is 0 Å². The number of aromatic amines is 1. The fourth-order valence-corrected chi connectivity index (χ4v) is 5.71. The lowest BCUT2D eigenvalue weighted by Crippen LogP contribution is -2.27. The van der Waals surface area contributed by atoms with E-state index in [0.717, 1.165) is 11.9 Å². The van der Waals surface area contributed by atoms with Crippen LogP contribution in [0.4, 0.5) is 20.2 Å². The normalized spacial score (nSPS) is 14.2. The number of aromatic nitrogens is 3. The largest absolute Gasteiger partial charge is 0.341 e. The van der Waals surface area contributed by atoms with Gasteiger partial charge in [-0.3, -0.25) is 9.78 Å². The number of pyridine rings is 1. The molecule has 2 aromatic heterocycles. The Morgan fingerprint density at radius 3 is 2.62 bits per heavy atom. The molecular weight excluding hydrogens is 624 g/mol. The molecule has 0 unspecified atom stereocenters. The molecule has 0 atom stereocenters. The summed E-state index contributed by atoms with van der Waals surface area (Å²) in [5.74, 6) is -0.838. The number of nitrogens with one attached hydrogen (secondary N) is 5. The lowest BCUT2D eigenvalue weighted by Gasteiger charge is -2.22. The zero-order chi connectivity index (χ0) is 33.5. The lowest BCUT2D eigenvalue weighted by atomic mass is 9.95. The number of imidazole rings is 1. The third-order valence-electron chi connectivity index (χ3n) is 7.64. The Morgan fingerprint density at radius 2 is 1.85 bits per heavy atom. The monoisotopic (exact) mass is 657 g/mol. The molecule has 0 fully saturated rings. The highest BCUT2D eigenvalue weighted by atomic mass is 32.2. The van der Waals surface area contributed by atoms with Crippen LogP contribution in [-0.2, 0) is 27.8 Å². The topological polar surface area (TPSA) is 141 Å². The number of allylic oxidation sites excluding steroid dienone is 3. The summed E-state index contributed by atoms with van der Waals surface area (Å²) in [4.78, 5) is 25.0. The van der Waals surface area contributed by atoms with E-state index in [0.29, 0.717) is 57.2 Å². The van der Waals surface area contributed by atoms with E-state index in [2.05, 4.69) is 30.9 Å². The number of benzene rings is 2. The summed E-state index contributed by atoms with van der Waals surface area (Å²) in [6.07, 6.45) is 11.8. The number of fused-ring (bicyclic) bond motifs is 2. The zero-order valence-corrected chi connectivity index (χ0v) is 26.9. The van der Waals surface area contributed by atoms with Crippen molar-refractivity contribution >= 4 is 38.5 Å². The van der Waals surface area contributed by atoms with Gasteiger partial charge in [0.25, 0.3) is 0 Å². The van der Waals surface area contributed by atoms with E-state index >= 15 is 4.39 Å². The number of carbonyl (C=O) groups is 1. The number of sulfonamides is 1. The van der Waals surface area contributed by atoms with Gasteiger partial charge in [-0.15, -0.1) is 0 Å². The van der Waals surface area contributed by atoms with Crippen LogP contribution in [0.15, 0.2) is 73.2 Å². The summed E-state index contributed by atoms with van der Waals surface area (Å²) in [5, 5.41) is 2.84. The molecule has 3 heterocycles. The number of rotatable bonds is 7. The van der Waals surface area contributed by atoms with Gasteiger partial charge in [0.15, 0.2) is 0 Å². The molecule has 0 radical (unpaired) electrons. The van der Waals surface area contributed by atoms with Crippen molar-refractivity contribution in [1.29, 1.82) is 0 Å². The van der Waals surface area contributed by atoms with Crippen LogP contribution in [0.3, 0.4) is 0 Å². The van der Waals surface area contributed by atoms with Gasteiger partial charge in [0, 0.05) is 64.3 Å². The predicted octanol–water partition coefficient (Wildman–Crippen LogP) is 5.65. The van der Waals surface area contributed by atoms with Crippen LogP contribution in [0, 0.1) is 17.0 Å². The standard InChI is InChI=1S/C34H33F2N7O3S/c1-34(2,3)33(44)40-23-14-21(16-37-17-23)24-9-10-27-29(30(24)36)26(18-38-43-27)32-41-28-8-6-5-7-25(31(28)42-32)20-11-19(12-22(35)13-20)15-39-47(4,45)46/h5-7,9-14,16-18,38-39,43H,8,15H2,1-4H3,(H,40,44)(H,41,42). The molecule has 1 aliphatic heterocycles. The molecule has 13 heteroatoms. The van der Waals surface area contributed by atoms with Crippen molar-refractivity contribution in [3.63, 3.8) is 0 Å². The first-order valence-corrected chi connectivity index (χ1v) is 16.7. The molecule has 0 saturated heterocycles. The third kappa shape index (κ3) is 6.86. The highest BCUT2D eigenvalue weighted by molar-refractivity contribution is 7.88. The maximum atomic E-state index is 16.5. The van der Waals surface area contributed by atoms with E-state index in [1.807, 2.05) is 18.2 Å². The van der Waals surface area contributed by atoms with Crippen molar-refractivity contribution in [1.82, 2.24) is 25.1 Å². The summed E-state index contributed by atoms with van der Waals surface area (Å²) in [6.45, 7) is 5.33. The average Bonchev–Trinajstić information content (AvgIpc) is 3.32. The Morgan fingerprint density at radius 1 is 1.04 bits per heavy atom. The molecule has 10 nitrogen and oxygen atoms in total. The molecule has 242 valence electrons. The van der Waals surface area contributed by atoms with Crippen molar-refractivity contribution in [3.05, 3.63) is 119 Å². The van der Waals surface area contributed by atoms with Crippen molar-refractivity contribution in [2.24, 2.45) is 5.41 Å². The molecule has 0 saturated carbocycles. The van der Waals surface area contributed by atoms with E-state index in [-0.39, 0.29) is 23.6 Å². The number of halogens is 2. The van der Waals surface area contributed by atoms with Crippen LogP contribution >= 0.6 is 0 Å². The number of hydrazine groups is 1. The Labute approximate surface area is 271 Å².